The number of benzene rings is 1. The van der Waals surface area contributed by atoms with Crippen LogP contribution in [0.3, 0.4) is 0 Å². The molecular weight excluding hydrogens is 266 g/mol. The topological polar surface area (TPSA) is 29.1 Å². The zero-order valence-electron chi connectivity index (χ0n) is 13.4. The van der Waals surface area contributed by atoms with Gasteiger partial charge in [0.05, 0.1) is 10.8 Å². The Morgan fingerprint density at radius 3 is 2.70 bits per heavy atom. The highest BCUT2D eigenvalue weighted by atomic mass is 32.2. The molecule has 0 amide bonds. The number of aryl methyl sites for hydroxylation is 2. The first kappa shape index (κ1) is 17.4. The minimum absolute atomic E-state index is 0.573. The van der Waals surface area contributed by atoms with Crippen LogP contribution in [0.2, 0.25) is 0 Å². The molecule has 0 heterocycles. The Hall–Kier alpha value is -0.670. The van der Waals surface area contributed by atoms with Crippen LogP contribution in [-0.4, -0.2) is 22.5 Å². The van der Waals surface area contributed by atoms with Crippen LogP contribution in [0, 0.1) is 13.8 Å². The molecule has 1 aromatic rings. The van der Waals surface area contributed by atoms with Crippen molar-refractivity contribution in [3.8, 4) is 0 Å². The van der Waals surface area contributed by atoms with Crippen molar-refractivity contribution in [3.05, 3.63) is 29.3 Å². The quantitative estimate of drug-likeness (QED) is 0.698. The van der Waals surface area contributed by atoms with Crippen LogP contribution in [-0.2, 0) is 10.8 Å². The van der Waals surface area contributed by atoms with Gasteiger partial charge in [-0.1, -0.05) is 25.5 Å². The summed E-state index contributed by atoms with van der Waals surface area (Å²) in [7, 11) is -0.846. The first-order chi connectivity index (χ1) is 9.54. The van der Waals surface area contributed by atoms with E-state index in [2.05, 4.69) is 44.3 Å². The lowest BCUT2D eigenvalue weighted by atomic mass is 10.1. The van der Waals surface area contributed by atoms with E-state index in [0.29, 0.717) is 6.04 Å². The van der Waals surface area contributed by atoms with Gasteiger partial charge in [0, 0.05) is 16.7 Å². The maximum absolute atomic E-state index is 12.3. The Labute approximate surface area is 126 Å². The van der Waals surface area contributed by atoms with Crippen molar-refractivity contribution in [2.24, 2.45) is 0 Å². The molecule has 2 atom stereocenters. The molecule has 0 aliphatic carbocycles. The molecule has 1 N–H and O–H groups in total. The van der Waals surface area contributed by atoms with E-state index in [0.717, 1.165) is 35.6 Å². The molecule has 2 unspecified atom stereocenters. The zero-order valence-corrected chi connectivity index (χ0v) is 14.2. The first-order valence-corrected chi connectivity index (χ1v) is 9.05. The Morgan fingerprint density at radius 2 is 2.00 bits per heavy atom. The normalized spacial score (nSPS) is 14.2. The van der Waals surface area contributed by atoms with E-state index in [1.807, 2.05) is 6.92 Å². The highest BCUT2D eigenvalue weighted by Crippen LogP contribution is 2.16. The molecule has 0 aliphatic rings. The average Bonchev–Trinajstić information content (AvgIpc) is 2.43. The van der Waals surface area contributed by atoms with Gasteiger partial charge in [0.25, 0.3) is 0 Å². The van der Waals surface area contributed by atoms with Crippen LogP contribution in [0.25, 0.3) is 0 Å². The summed E-state index contributed by atoms with van der Waals surface area (Å²) in [4.78, 5) is 1.02. The summed E-state index contributed by atoms with van der Waals surface area (Å²) in [6.07, 6.45) is 4.54. The third-order valence-corrected chi connectivity index (χ3v) is 5.14. The van der Waals surface area contributed by atoms with Gasteiger partial charge < -0.3 is 5.32 Å². The van der Waals surface area contributed by atoms with Gasteiger partial charge in [-0.2, -0.15) is 0 Å². The van der Waals surface area contributed by atoms with Gasteiger partial charge >= 0.3 is 0 Å². The summed E-state index contributed by atoms with van der Waals surface area (Å²) in [6, 6.07) is 6.79. The highest BCUT2D eigenvalue weighted by molar-refractivity contribution is 7.85. The molecule has 0 bridgehead atoms. The van der Waals surface area contributed by atoms with Crippen molar-refractivity contribution in [2.75, 3.05) is 12.3 Å². The van der Waals surface area contributed by atoms with Gasteiger partial charge in [0.15, 0.2) is 0 Å². The number of unbranched alkanes of at least 4 members (excludes halogenated alkanes) is 1. The molecule has 20 heavy (non-hydrogen) atoms. The van der Waals surface area contributed by atoms with Gasteiger partial charge in [-0.3, -0.25) is 4.21 Å². The predicted octanol–water partition coefficient (Wildman–Crippen LogP) is 3.97. The van der Waals surface area contributed by atoms with Gasteiger partial charge in [-0.25, -0.2) is 0 Å². The molecule has 0 radical (unpaired) electrons. The van der Waals surface area contributed by atoms with Crippen LogP contribution < -0.4 is 5.32 Å². The fourth-order valence-corrected chi connectivity index (χ4v) is 3.67. The Balaban J connectivity index is 2.31. The maximum Gasteiger partial charge on any atom is 0.0532 e. The Bertz CT molecular complexity index is 431. The largest absolute Gasteiger partial charge is 0.314 e. The fraction of sp³-hybridized carbons (Fsp3) is 0.647. The van der Waals surface area contributed by atoms with Crippen molar-refractivity contribution in [1.29, 1.82) is 0 Å². The third-order valence-electron chi connectivity index (χ3n) is 3.55. The number of hydrogen-bond donors (Lipinski definition) is 1. The lowest BCUT2D eigenvalue weighted by molar-refractivity contribution is 0.495. The fourth-order valence-electron chi connectivity index (χ4n) is 2.24. The van der Waals surface area contributed by atoms with E-state index in [1.165, 1.54) is 18.4 Å². The van der Waals surface area contributed by atoms with E-state index in [4.69, 9.17) is 0 Å². The van der Waals surface area contributed by atoms with Gasteiger partial charge in [0.1, 0.15) is 0 Å². The molecule has 2 nitrogen and oxygen atoms in total. The standard InChI is InChI=1S/C17H29NOS/c1-5-11-18-16(4)8-6-7-12-20(19)17-13-14(2)9-10-15(17)3/h9-10,13,16,18H,5-8,11-12H2,1-4H3. The zero-order chi connectivity index (χ0) is 15.0. The molecule has 0 fully saturated rings. The highest BCUT2D eigenvalue weighted by Gasteiger charge is 2.08. The second-order valence-electron chi connectivity index (χ2n) is 5.67. The van der Waals surface area contributed by atoms with Crippen molar-refractivity contribution >= 4 is 10.8 Å². The molecule has 1 aromatic carbocycles. The Morgan fingerprint density at radius 1 is 1.25 bits per heavy atom. The molecule has 0 saturated heterocycles. The lowest BCUT2D eigenvalue weighted by Gasteiger charge is -2.12. The first-order valence-electron chi connectivity index (χ1n) is 7.73. The van der Waals surface area contributed by atoms with Crippen molar-refractivity contribution in [1.82, 2.24) is 5.32 Å². The van der Waals surface area contributed by atoms with E-state index < -0.39 is 10.8 Å². The average molecular weight is 295 g/mol. The lowest BCUT2D eigenvalue weighted by Crippen LogP contribution is -2.26. The van der Waals surface area contributed by atoms with E-state index >= 15 is 0 Å². The molecule has 0 aromatic heterocycles. The maximum atomic E-state index is 12.3. The summed E-state index contributed by atoms with van der Waals surface area (Å²) in [5.41, 5.74) is 2.34. The third kappa shape index (κ3) is 6.19. The van der Waals surface area contributed by atoms with Crippen molar-refractivity contribution < 1.29 is 4.21 Å². The van der Waals surface area contributed by atoms with Crippen LogP contribution in [0.15, 0.2) is 23.1 Å². The molecule has 1 rings (SSSR count). The van der Waals surface area contributed by atoms with Crippen LogP contribution >= 0.6 is 0 Å². The number of rotatable bonds is 9. The minimum atomic E-state index is -0.846. The molecule has 0 aliphatic heterocycles. The molecule has 0 spiro atoms. The molecule has 0 saturated carbocycles. The molecule has 114 valence electrons. The summed E-state index contributed by atoms with van der Waals surface area (Å²) in [5, 5.41) is 3.49. The second-order valence-corrected chi connectivity index (χ2v) is 7.21. The SMILES string of the molecule is CCCNC(C)CCCCS(=O)c1cc(C)ccc1C. The summed E-state index contributed by atoms with van der Waals surface area (Å²) < 4.78 is 12.3. The van der Waals surface area contributed by atoms with E-state index in [9.17, 15) is 4.21 Å². The van der Waals surface area contributed by atoms with Crippen LogP contribution in [0.5, 0.6) is 0 Å². The predicted molar refractivity (Wildman–Crippen MR) is 88.8 cm³/mol. The number of hydrogen-bond acceptors (Lipinski definition) is 2. The van der Waals surface area contributed by atoms with Gasteiger partial charge in [-0.05, 0) is 63.8 Å². The smallest absolute Gasteiger partial charge is 0.0532 e. The van der Waals surface area contributed by atoms with Crippen molar-refractivity contribution in [2.45, 2.75) is 64.3 Å². The summed E-state index contributed by atoms with van der Waals surface area (Å²) in [6.45, 7) is 9.62. The van der Waals surface area contributed by atoms with E-state index in [-0.39, 0.29) is 0 Å². The van der Waals surface area contributed by atoms with Gasteiger partial charge in [-0.15, -0.1) is 0 Å². The summed E-state index contributed by atoms with van der Waals surface area (Å²) >= 11 is 0. The number of nitrogens with one attached hydrogen (secondary N) is 1. The van der Waals surface area contributed by atoms with Crippen molar-refractivity contribution in [3.63, 3.8) is 0 Å². The van der Waals surface area contributed by atoms with Gasteiger partial charge in [0.2, 0.25) is 0 Å². The molecule has 3 heteroatoms. The Kier molecular flexibility index (Phi) is 8.08. The summed E-state index contributed by atoms with van der Waals surface area (Å²) in [5.74, 6) is 0.783. The molecular formula is C17H29NOS. The van der Waals surface area contributed by atoms with Crippen LogP contribution in [0.1, 0.15) is 50.7 Å². The van der Waals surface area contributed by atoms with Crippen LogP contribution in [0.4, 0.5) is 0 Å². The monoisotopic (exact) mass is 295 g/mol. The second kappa shape index (κ2) is 9.30. The minimum Gasteiger partial charge on any atom is -0.314 e. The van der Waals surface area contributed by atoms with E-state index in [1.54, 1.807) is 0 Å².